The largest absolute Gasteiger partial charge is 0.465 e. The molecule has 0 aliphatic carbocycles. The van der Waals surface area contributed by atoms with Crippen molar-refractivity contribution in [3.8, 4) is 0 Å². The third-order valence-corrected chi connectivity index (χ3v) is 5.38. The molecule has 2 saturated heterocycles. The zero-order chi connectivity index (χ0) is 12.9. The Balaban J connectivity index is 2.29. The minimum absolute atomic E-state index is 0.163. The molecule has 1 spiro atoms. The van der Waals surface area contributed by atoms with E-state index in [4.69, 9.17) is 5.11 Å². The Morgan fingerprint density at radius 3 is 2.47 bits per heavy atom. The van der Waals surface area contributed by atoms with Crippen molar-refractivity contribution in [2.75, 3.05) is 26.7 Å². The fourth-order valence-corrected chi connectivity index (χ4v) is 3.88. The van der Waals surface area contributed by atoms with Gasteiger partial charge in [-0.05, 0) is 20.8 Å². The number of likely N-dealkylation sites (N-methyl/N-ethyl adjacent to an activating group) is 1. The Bertz CT molecular complexity index is 337. The minimum Gasteiger partial charge on any atom is -0.465 e. The maximum atomic E-state index is 11.1. The van der Waals surface area contributed by atoms with Gasteiger partial charge < -0.3 is 14.5 Å². The summed E-state index contributed by atoms with van der Waals surface area (Å²) in [6, 6.07) is 0. The molecule has 0 saturated carbocycles. The quantitative estimate of drug-likeness (QED) is 0.660. The second kappa shape index (κ2) is 3.61. The first-order valence-electron chi connectivity index (χ1n) is 6.56. The van der Waals surface area contributed by atoms with Gasteiger partial charge in [-0.15, -0.1) is 0 Å². The summed E-state index contributed by atoms with van der Waals surface area (Å²) in [6.07, 6.45) is 2.66. The summed E-state index contributed by atoms with van der Waals surface area (Å²) in [5.74, 6) is 0. The van der Waals surface area contributed by atoms with Crippen LogP contribution in [-0.4, -0.2) is 58.3 Å². The van der Waals surface area contributed by atoms with E-state index in [2.05, 4.69) is 27.8 Å². The molecule has 4 nitrogen and oxygen atoms in total. The Labute approximate surface area is 104 Å². The summed E-state index contributed by atoms with van der Waals surface area (Å²) in [6.45, 7) is 9.45. The van der Waals surface area contributed by atoms with Gasteiger partial charge in [-0.3, -0.25) is 0 Å². The summed E-state index contributed by atoms with van der Waals surface area (Å²) in [5, 5.41) is 9.15. The lowest BCUT2D eigenvalue weighted by atomic mass is 9.88. The molecule has 2 aliphatic heterocycles. The van der Waals surface area contributed by atoms with E-state index in [9.17, 15) is 4.79 Å². The first kappa shape index (κ1) is 12.7. The van der Waals surface area contributed by atoms with Crippen molar-refractivity contribution in [2.45, 2.75) is 51.1 Å². The van der Waals surface area contributed by atoms with Gasteiger partial charge in [0, 0.05) is 25.8 Å². The van der Waals surface area contributed by atoms with Crippen molar-refractivity contribution >= 4 is 6.09 Å². The summed E-state index contributed by atoms with van der Waals surface area (Å²) in [7, 11) is 2.32. The van der Waals surface area contributed by atoms with Crippen molar-refractivity contribution in [1.82, 2.24) is 4.90 Å². The van der Waals surface area contributed by atoms with Crippen LogP contribution in [0.2, 0.25) is 0 Å². The number of quaternary nitrogens is 1. The van der Waals surface area contributed by atoms with E-state index in [0.717, 1.165) is 17.4 Å². The highest BCUT2D eigenvalue weighted by Gasteiger charge is 2.60. The van der Waals surface area contributed by atoms with Crippen LogP contribution in [0.3, 0.4) is 0 Å². The molecular weight excluding hydrogens is 216 g/mol. The third-order valence-electron chi connectivity index (χ3n) is 5.38. The zero-order valence-corrected chi connectivity index (χ0v) is 11.5. The molecule has 0 aromatic rings. The van der Waals surface area contributed by atoms with Gasteiger partial charge in [0.2, 0.25) is 0 Å². The number of carboxylic acid groups (broad SMARTS) is 1. The van der Waals surface area contributed by atoms with E-state index in [0.29, 0.717) is 6.54 Å². The lowest BCUT2D eigenvalue weighted by Crippen LogP contribution is -2.67. The second-order valence-corrected chi connectivity index (χ2v) is 6.87. The van der Waals surface area contributed by atoms with Crippen LogP contribution in [0.4, 0.5) is 4.79 Å². The van der Waals surface area contributed by atoms with Crippen LogP contribution < -0.4 is 0 Å². The number of hydrogen-bond donors (Lipinski definition) is 1. The van der Waals surface area contributed by atoms with Crippen LogP contribution in [0.5, 0.6) is 0 Å². The molecule has 2 atom stereocenters. The van der Waals surface area contributed by atoms with Crippen molar-refractivity contribution in [2.24, 2.45) is 0 Å². The van der Waals surface area contributed by atoms with E-state index in [-0.39, 0.29) is 11.1 Å². The van der Waals surface area contributed by atoms with E-state index >= 15 is 0 Å². The molecule has 0 bridgehead atoms. The Morgan fingerprint density at radius 1 is 1.35 bits per heavy atom. The average Bonchev–Trinajstić information content (AvgIpc) is 2.74. The van der Waals surface area contributed by atoms with E-state index in [1.807, 2.05) is 0 Å². The number of amides is 1. The van der Waals surface area contributed by atoms with Gasteiger partial charge in [-0.25, -0.2) is 4.79 Å². The van der Waals surface area contributed by atoms with Crippen molar-refractivity contribution in [3.05, 3.63) is 0 Å². The van der Waals surface area contributed by atoms with Crippen LogP contribution in [0, 0.1) is 0 Å². The molecule has 98 valence electrons. The van der Waals surface area contributed by atoms with Crippen molar-refractivity contribution in [3.63, 3.8) is 0 Å². The summed E-state index contributed by atoms with van der Waals surface area (Å²) in [4.78, 5) is 12.7. The Morgan fingerprint density at radius 2 is 2.00 bits per heavy atom. The smallest absolute Gasteiger partial charge is 0.407 e. The molecule has 2 aliphatic rings. The Hall–Kier alpha value is -0.770. The van der Waals surface area contributed by atoms with Gasteiger partial charge in [0.1, 0.15) is 5.54 Å². The van der Waals surface area contributed by atoms with Crippen molar-refractivity contribution < 1.29 is 14.4 Å². The minimum atomic E-state index is -0.755. The highest BCUT2D eigenvalue weighted by atomic mass is 16.4. The Kier molecular flexibility index (Phi) is 2.69. The predicted molar refractivity (Wildman–Crippen MR) is 67.0 cm³/mol. The molecule has 0 aromatic carbocycles. The maximum absolute atomic E-state index is 11.1. The second-order valence-electron chi connectivity index (χ2n) is 6.87. The highest BCUT2D eigenvalue weighted by Crippen LogP contribution is 2.47. The van der Waals surface area contributed by atoms with Crippen LogP contribution in [0.15, 0.2) is 0 Å². The molecule has 17 heavy (non-hydrogen) atoms. The number of hydrogen-bond acceptors (Lipinski definition) is 1. The summed E-state index contributed by atoms with van der Waals surface area (Å²) < 4.78 is 1.02. The number of rotatable bonds is 0. The van der Waals surface area contributed by atoms with Gasteiger partial charge in [0.25, 0.3) is 0 Å². The summed E-state index contributed by atoms with van der Waals surface area (Å²) in [5.41, 5.74) is 0.349. The van der Waals surface area contributed by atoms with E-state index in [1.54, 1.807) is 4.90 Å². The first-order valence-corrected chi connectivity index (χ1v) is 6.56. The molecule has 1 amide bonds. The molecule has 2 unspecified atom stereocenters. The van der Waals surface area contributed by atoms with Gasteiger partial charge in [0.05, 0.1) is 25.7 Å². The van der Waals surface area contributed by atoms with Gasteiger partial charge in [-0.1, -0.05) is 0 Å². The number of nitrogens with zero attached hydrogens (tertiary/aromatic N) is 2. The van der Waals surface area contributed by atoms with E-state index in [1.165, 1.54) is 19.4 Å². The fraction of sp³-hybridized carbons (Fsp3) is 0.923. The predicted octanol–water partition coefficient (Wildman–Crippen LogP) is 2.15. The lowest BCUT2D eigenvalue weighted by Gasteiger charge is -2.53. The molecule has 2 fully saturated rings. The molecule has 0 aromatic heterocycles. The van der Waals surface area contributed by atoms with Crippen LogP contribution >= 0.6 is 0 Å². The highest BCUT2D eigenvalue weighted by molar-refractivity contribution is 5.65. The van der Waals surface area contributed by atoms with Gasteiger partial charge >= 0.3 is 6.09 Å². The lowest BCUT2D eigenvalue weighted by molar-refractivity contribution is -0.985. The fourth-order valence-electron chi connectivity index (χ4n) is 3.88. The topological polar surface area (TPSA) is 40.5 Å². The molecule has 1 N–H and O–H groups in total. The van der Waals surface area contributed by atoms with E-state index < -0.39 is 6.09 Å². The molecule has 2 heterocycles. The SMILES string of the molecule is CC(C)(C)[N+]1(C)CCCC12CCN(C(=O)O)C2. The first-order chi connectivity index (χ1) is 7.72. The molecule has 2 rings (SSSR count). The molecule has 0 radical (unpaired) electrons. The van der Waals surface area contributed by atoms with Gasteiger partial charge in [-0.2, -0.15) is 0 Å². The monoisotopic (exact) mass is 241 g/mol. The van der Waals surface area contributed by atoms with Crippen molar-refractivity contribution in [1.29, 1.82) is 0 Å². The third kappa shape index (κ3) is 1.65. The summed E-state index contributed by atoms with van der Waals surface area (Å²) >= 11 is 0. The number of carbonyl (C=O) groups is 1. The van der Waals surface area contributed by atoms with Gasteiger partial charge in [0.15, 0.2) is 0 Å². The van der Waals surface area contributed by atoms with Crippen LogP contribution in [0.25, 0.3) is 0 Å². The molecule has 4 heteroatoms. The molecular formula is C13H25N2O2+. The number of likely N-dealkylation sites (tertiary alicyclic amines) is 2. The standard InChI is InChI=1S/C13H24N2O2/c1-12(2,3)15(4)9-5-6-13(15)7-8-14(10-13)11(16)17/h5-10H2,1-4H3/p+1. The van der Waals surface area contributed by atoms with Crippen LogP contribution in [0.1, 0.15) is 40.0 Å². The van der Waals surface area contributed by atoms with Crippen LogP contribution in [-0.2, 0) is 0 Å². The normalized spacial score (nSPS) is 38.0. The maximum Gasteiger partial charge on any atom is 0.407 e. The zero-order valence-electron chi connectivity index (χ0n) is 11.5. The average molecular weight is 241 g/mol.